The second kappa shape index (κ2) is 6.20. The lowest BCUT2D eigenvalue weighted by Crippen LogP contribution is -1.96. The number of ether oxygens (including phenoxy) is 1. The van der Waals surface area contributed by atoms with E-state index >= 15 is 0 Å². The topological polar surface area (TPSA) is 39.4 Å². The van der Waals surface area contributed by atoms with Crippen LogP contribution in [-0.4, -0.2) is 13.2 Å². The van der Waals surface area contributed by atoms with E-state index in [1.807, 2.05) is 6.08 Å². The molecule has 0 saturated heterocycles. The van der Waals surface area contributed by atoms with E-state index in [1.165, 1.54) is 12.3 Å². The summed E-state index contributed by atoms with van der Waals surface area (Å²) >= 11 is 0. The fourth-order valence-corrected chi connectivity index (χ4v) is 0.814. The standard InChI is InChI=1S/C5H4O2.C5H8O/c6-5-3-1-2-4-7-5;1-2-4-6-5-3-1/h1-4H;1-2H,3-5H2. The van der Waals surface area contributed by atoms with E-state index in [1.54, 1.807) is 12.1 Å². The Balaban J connectivity index is 0.000000132. The SMILES string of the molecule is C1=CCOCC1.O=c1cccco1. The lowest BCUT2D eigenvalue weighted by atomic mass is 10.3. The van der Waals surface area contributed by atoms with Crippen LogP contribution in [0.3, 0.4) is 0 Å². The van der Waals surface area contributed by atoms with E-state index in [2.05, 4.69) is 10.5 Å². The van der Waals surface area contributed by atoms with Crippen LogP contribution >= 0.6 is 0 Å². The van der Waals surface area contributed by atoms with Crippen LogP contribution in [0.4, 0.5) is 0 Å². The second-order valence-electron chi connectivity index (χ2n) is 2.46. The molecule has 1 aliphatic rings. The third-order valence-electron chi connectivity index (χ3n) is 1.42. The second-order valence-corrected chi connectivity index (χ2v) is 2.46. The van der Waals surface area contributed by atoms with Gasteiger partial charge in [0.05, 0.1) is 19.5 Å². The molecule has 0 amide bonds. The normalized spacial score (nSPS) is 14.5. The molecule has 1 aromatic heterocycles. The lowest BCUT2D eigenvalue weighted by molar-refractivity contribution is 0.158. The van der Waals surface area contributed by atoms with E-state index in [0.717, 1.165) is 19.6 Å². The van der Waals surface area contributed by atoms with Crippen LogP contribution in [-0.2, 0) is 4.74 Å². The molecule has 13 heavy (non-hydrogen) atoms. The zero-order valence-electron chi connectivity index (χ0n) is 7.31. The van der Waals surface area contributed by atoms with Gasteiger partial charge in [-0.25, -0.2) is 4.79 Å². The zero-order valence-corrected chi connectivity index (χ0v) is 7.31. The quantitative estimate of drug-likeness (QED) is 0.569. The number of rotatable bonds is 0. The minimum atomic E-state index is -0.303. The highest BCUT2D eigenvalue weighted by Crippen LogP contribution is 1.91. The summed E-state index contributed by atoms with van der Waals surface area (Å²) < 4.78 is 9.35. The molecule has 0 radical (unpaired) electrons. The maximum absolute atomic E-state index is 10.1. The molecule has 2 rings (SSSR count). The molecule has 1 aromatic rings. The minimum absolute atomic E-state index is 0.303. The molecular formula is C10H12O3. The maximum atomic E-state index is 10.1. The van der Waals surface area contributed by atoms with Crippen LogP contribution in [0.15, 0.2) is 45.8 Å². The van der Waals surface area contributed by atoms with Crippen molar-refractivity contribution in [2.24, 2.45) is 0 Å². The average molecular weight is 180 g/mol. The van der Waals surface area contributed by atoms with Gasteiger partial charge in [0.2, 0.25) is 0 Å². The van der Waals surface area contributed by atoms with E-state index in [0.29, 0.717) is 0 Å². The van der Waals surface area contributed by atoms with Crippen LogP contribution in [0.25, 0.3) is 0 Å². The number of hydrogen-bond acceptors (Lipinski definition) is 3. The largest absolute Gasteiger partial charge is 0.431 e. The Morgan fingerprint density at radius 2 is 2.15 bits per heavy atom. The van der Waals surface area contributed by atoms with Gasteiger partial charge in [-0.1, -0.05) is 18.2 Å². The van der Waals surface area contributed by atoms with E-state index in [4.69, 9.17) is 4.74 Å². The molecule has 0 fully saturated rings. The molecule has 3 nitrogen and oxygen atoms in total. The Kier molecular flexibility index (Phi) is 4.64. The zero-order chi connectivity index (χ0) is 9.36. The van der Waals surface area contributed by atoms with E-state index in [-0.39, 0.29) is 5.63 Å². The maximum Gasteiger partial charge on any atom is 0.335 e. The Bertz CT molecular complexity index is 276. The average Bonchev–Trinajstić information content (AvgIpc) is 2.22. The molecule has 0 aromatic carbocycles. The first-order chi connectivity index (χ1) is 6.39. The molecule has 0 atom stereocenters. The Morgan fingerprint density at radius 1 is 1.23 bits per heavy atom. The highest BCUT2D eigenvalue weighted by atomic mass is 16.5. The summed E-state index contributed by atoms with van der Waals surface area (Å²) in [4.78, 5) is 10.1. The predicted octanol–water partition coefficient (Wildman–Crippen LogP) is 1.60. The third kappa shape index (κ3) is 4.98. The summed E-state index contributed by atoms with van der Waals surface area (Å²) in [5, 5.41) is 0. The van der Waals surface area contributed by atoms with Gasteiger partial charge in [0.1, 0.15) is 0 Å². The van der Waals surface area contributed by atoms with Crippen molar-refractivity contribution in [1.29, 1.82) is 0 Å². The molecule has 3 heteroatoms. The molecule has 0 bridgehead atoms. The van der Waals surface area contributed by atoms with Crippen molar-refractivity contribution in [2.75, 3.05) is 13.2 Å². The van der Waals surface area contributed by atoms with Gasteiger partial charge in [-0.15, -0.1) is 0 Å². The summed E-state index contributed by atoms with van der Waals surface area (Å²) in [5.41, 5.74) is -0.303. The molecule has 1 aliphatic heterocycles. The van der Waals surface area contributed by atoms with Gasteiger partial charge in [-0.2, -0.15) is 0 Å². The van der Waals surface area contributed by atoms with Crippen molar-refractivity contribution < 1.29 is 9.15 Å². The van der Waals surface area contributed by atoms with E-state index in [9.17, 15) is 4.79 Å². The van der Waals surface area contributed by atoms with Crippen LogP contribution in [0.1, 0.15) is 6.42 Å². The summed E-state index contributed by atoms with van der Waals surface area (Å²) in [5.74, 6) is 0. The van der Waals surface area contributed by atoms with Crippen molar-refractivity contribution in [3.05, 3.63) is 47.0 Å². The molecule has 70 valence electrons. The summed E-state index contributed by atoms with van der Waals surface area (Å²) in [6, 6.07) is 4.65. The smallest absolute Gasteiger partial charge is 0.335 e. The number of hydrogen-bond donors (Lipinski definition) is 0. The highest BCUT2D eigenvalue weighted by Gasteiger charge is 1.85. The van der Waals surface area contributed by atoms with Gasteiger partial charge in [-0.05, 0) is 12.5 Å². The molecule has 0 saturated carbocycles. The van der Waals surface area contributed by atoms with Crippen LogP contribution in [0.5, 0.6) is 0 Å². The van der Waals surface area contributed by atoms with Gasteiger partial charge in [-0.3, -0.25) is 0 Å². The molecule has 0 aliphatic carbocycles. The van der Waals surface area contributed by atoms with Crippen LogP contribution in [0.2, 0.25) is 0 Å². The first-order valence-corrected chi connectivity index (χ1v) is 4.16. The van der Waals surface area contributed by atoms with Crippen molar-refractivity contribution >= 4 is 0 Å². The van der Waals surface area contributed by atoms with Crippen LogP contribution < -0.4 is 5.63 Å². The van der Waals surface area contributed by atoms with Crippen molar-refractivity contribution in [3.63, 3.8) is 0 Å². The van der Waals surface area contributed by atoms with Gasteiger partial charge < -0.3 is 9.15 Å². The summed E-state index contributed by atoms with van der Waals surface area (Å²) in [6.07, 6.45) is 6.63. The van der Waals surface area contributed by atoms with Gasteiger partial charge in [0, 0.05) is 6.07 Å². The summed E-state index contributed by atoms with van der Waals surface area (Å²) in [6.45, 7) is 1.73. The molecule has 2 heterocycles. The first kappa shape index (κ1) is 9.74. The fraction of sp³-hybridized carbons (Fsp3) is 0.300. The molecule has 0 N–H and O–H groups in total. The van der Waals surface area contributed by atoms with Crippen molar-refractivity contribution in [3.8, 4) is 0 Å². The third-order valence-corrected chi connectivity index (χ3v) is 1.42. The first-order valence-electron chi connectivity index (χ1n) is 4.16. The van der Waals surface area contributed by atoms with Crippen molar-refractivity contribution in [1.82, 2.24) is 0 Å². The fourth-order valence-electron chi connectivity index (χ4n) is 0.814. The Hall–Kier alpha value is -1.35. The molecular weight excluding hydrogens is 168 g/mol. The summed E-state index contributed by atoms with van der Waals surface area (Å²) in [7, 11) is 0. The minimum Gasteiger partial charge on any atom is -0.431 e. The molecule has 0 unspecified atom stereocenters. The van der Waals surface area contributed by atoms with Gasteiger partial charge in [0.15, 0.2) is 0 Å². The van der Waals surface area contributed by atoms with Gasteiger partial charge in [0.25, 0.3) is 0 Å². The van der Waals surface area contributed by atoms with Gasteiger partial charge >= 0.3 is 5.63 Å². The molecule has 0 spiro atoms. The van der Waals surface area contributed by atoms with E-state index < -0.39 is 0 Å². The van der Waals surface area contributed by atoms with Crippen LogP contribution in [0, 0.1) is 0 Å². The Labute approximate surface area is 76.6 Å². The predicted molar refractivity (Wildman–Crippen MR) is 49.6 cm³/mol. The monoisotopic (exact) mass is 180 g/mol. The van der Waals surface area contributed by atoms with Crippen molar-refractivity contribution in [2.45, 2.75) is 6.42 Å². The highest BCUT2D eigenvalue weighted by molar-refractivity contribution is 4.85. The lowest BCUT2D eigenvalue weighted by Gasteiger charge is -2.00. The Morgan fingerprint density at radius 3 is 2.38 bits per heavy atom.